The molecule has 0 aliphatic rings. The van der Waals surface area contributed by atoms with Crippen molar-refractivity contribution >= 4 is 11.6 Å². The van der Waals surface area contributed by atoms with Gasteiger partial charge in [-0.3, -0.25) is 9.48 Å². The van der Waals surface area contributed by atoms with Gasteiger partial charge in [-0.1, -0.05) is 0 Å². The minimum atomic E-state index is -4.38. The van der Waals surface area contributed by atoms with Crippen LogP contribution in [-0.2, 0) is 24.4 Å². The van der Waals surface area contributed by atoms with Crippen LogP contribution in [0.5, 0.6) is 0 Å². The lowest BCUT2D eigenvalue weighted by Gasteiger charge is -2.09. The zero-order valence-electron chi connectivity index (χ0n) is 12.5. The maximum atomic E-state index is 12.5. The predicted molar refractivity (Wildman–Crippen MR) is 76.5 cm³/mol. The number of aryl methyl sites for hydroxylation is 2. The first-order valence-electron chi connectivity index (χ1n) is 6.64. The molecule has 1 N–H and O–H groups in total. The van der Waals surface area contributed by atoms with Crippen LogP contribution in [0.25, 0.3) is 0 Å². The minimum Gasteiger partial charge on any atom is -0.326 e. The maximum Gasteiger partial charge on any atom is 0.416 e. The molecule has 0 aliphatic carbocycles. The van der Waals surface area contributed by atoms with Crippen LogP contribution in [0.4, 0.5) is 18.9 Å². The summed E-state index contributed by atoms with van der Waals surface area (Å²) in [6, 6.07) is 4.36. The van der Waals surface area contributed by atoms with Crippen molar-refractivity contribution in [3.05, 3.63) is 46.8 Å². The molecule has 0 spiro atoms. The van der Waals surface area contributed by atoms with Crippen molar-refractivity contribution in [1.82, 2.24) is 9.78 Å². The molecular weight excluding hydrogens is 295 g/mol. The summed E-state index contributed by atoms with van der Waals surface area (Å²) >= 11 is 0. The Hall–Kier alpha value is -2.31. The highest BCUT2D eigenvalue weighted by atomic mass is 19.4. The van der Waals surface area contributed by atoms with Crippen LogP contribution in [0.3, 0.4) is 0 Å². The van der Waals surface area contributed by atoms with E-state index in [9.17, 15) is 18.0 Å². The van der Waals surface area contributed by atoms with Gasteiger partial charge in [0.05, 0.1) is 17.7 Å². The lowest BCUT2D eigenvalue weighted by atomic mass is 10.1. The maximum absolute atomic E-state index is 12.5. The third-order valence-electron chi connectivity index (χ3n) is 3.49. The number of nitrogens with one attached hydrogen (secondary N) is 1. The fourth-order valence-electron chi connectivity index (χ4n) is 2.18. The quantitative estimate of drug-likeness (QED) is 0.946. The van der Waals surface area contributed by atoms with Gasteiger partial charge in [0.2, 0.25) is 5.91 Å². The first-order valence-corrected chi connectivity index (χ1v) is 6.64. The molecule has 2 rings (SSSR count). The van der Waals surface area contributed by atoms with E-state index in [1.54, 1.807) is 11.7 Å². The lowest BCUT2D eigenvalue weighted by Crippen LogP contribution is -2.15. The largest absolute Gasteiger partial charge is 0.416 e. The number of carbonyl (C=O) groups is 1. The average molecular weight is 311 g/mol. The molecule has 0 fully saturated rings. The fraction of sp³-hybridized carbons (Fsp3) is 0.333. The van der Waals surface area contributed by atoms with Gasteiger partial charge in [0.25, 0.3) is 0 Å². The summed E-state index contributed by atoms with van der Waals surface area (Å²) in [5.41, 5.74) is 2.07. The average Bonchev–Trinajstić information content (AvgIpc) is 2.65. The SMILES string of the molecule is Cc1nn(C)c(C)c1CC(=O)Nc1ccc(C(F)(F)F)cc1. The monoisotopic (exact) mass is 311 g/mol. The summed E-state index contributed by atoms with van der Waals surface area (Å²) in [5.74, 6) is -0.293. The number of hydrogen-bond donors (Lipinski definition) is 1. The molecule has 0 bridgehead atoms. The molecule has 0 atom stereocenters. The van der Waals surface area contributed by atoms with Gasteiger partial charge >= 0.3 is 6.18 Å². The number of rotatable bonds is 3. The molecule has 0 aliphatic heterocycles. The normalized spacial score (nSPS) is 11.5. The predicted octanol–water partition coefficient (Wildman–Crippen LogP) is 3.24. The van der Waals surface area contributed by atoms with Crippen molar-refractivity contribution in [2.75, 3.05) is 5.32 Å². The number of hydrogen-bond acceptors (Lipinski definition) is 2. The van der Waals surface area contributed by atoms with E-state index in [-0.39, 0.29) is 12.3 Å². The number of halogens is 3. The Labute approximate surface area is 125 Å². The van der Waals surface area contributed by atoms with Crippen LogP contribution >= 0.6 is 0 Å². The highest BCUT2D eigenvalue weighted by Gasteiger charge is 2.30. The van der Waals surface area contributed by atoms with Gasteiger partial charge in [0, 0.05) is 24.0 Å². The van der Waals surface area contributed by atoms with Crippen LogP contribution in [-0.4, -0.2) is 15.7 Å². The fourth-order valence-corrected chi connectivity index (χ4v) is 2.18. The molecule has 118 valence electrons. The molecule has 1 heterocycles. The van der Waals surface area contributed by atoms with E-state index < -0.39 is 11.7 Å². The summed E-state index contributed by atoms with van der Waals surface area (Å²) in [4.78, 5) is 12.0. The Morgan fingerprint density at radius 3 is 2.27 bits per heavy atom. The standard InChI is InChI=1S/C15H16F3N3O/c1-9-13(10(2)21(3)20-9)8-14(22)19-12-6-4-11(5-7-12)15(16,17)18/h4-7H,8H2,1-3H3,(H,19,22). The molecule has 0 radical (unpaired) electrons. The number of carbonyl (C=O) groups excluding carboxylic acids is 1. The number of anilines is 1. The number of amides is 1. The van der Waals surface area contributed by atoms with Crippen LogP contribution < -0.4 is 5.32 Å². The molecular formula is C15H16F3N3O. The van der Waals surface area contributed by atoms with E-state index >= 15 is 0 Å². The first-order chi connectivity index (χ1) is 10.2. The van der Waals surface area contributed by atoms with E-state index in [0.29, 0.717) is 5.69 Å². The van der Waals surface area contributed by atoms with Gasteiger partial charge < -0.3 is 5.32 Å². The highest BCUT2D eigenvalue weighted by Crippen LogP contribution is 2.29. The zero-order chi connectivity index (χ0) is 16.5. The van der Waals surface area contributed by atoms with Gasteiger partial charge in [-0.25, -0.2) is 0 Å². The molecule has 2 aromatic rings. The molecule has 7 heteroatoms. The topological polar surface area (TPSA) is 46.9 Å². The van der Waals surface area contributed by atoms with Gasteiger partial charge in [-0.2, -0.15) is 18.3 Å². The van der Waals surface area contributed by atoms with E-state index in [1.807, 2.05) is 13.8 Å². The summed E-state index contributed by atoms with van der Waals surface area (Å²) in [6.07, 6.45) is -4.25. The van der Waals surface area contributed by atoms with E-state index in [4.69, 9.17) is 0 Å². The lowest BCUT2D eigenvalue weighted by molar-refractivity contribution is -0.137. The van der Waals surface area contributed by atoms with Crippen LogP contribution in [0.15, 0.2) is 24.3 Å². The second-order valence-corrected chi connectivity index (χ2v) is 5.07. The molecule has 4 nitrogen and oxygen atoms in total. The Balaban J connectivity index is 2.06. The highest BCUT2D eigenvalue weighted by molar-refractivity contribution is 5.92. The molecule has 0 saturated heterocycles. The van der Waals surface area contributed by atoms with Crippen LogP contribution in [0.2, 0.25) is 0 Å². The first kappa shape index (κ1) is 16.1. The van der Waals surface area contributed by atoms with E-state index in [2.05, 4.69) is 10.4 Å². The molecule has 1 aromatic carbocycles. The van der Waals surface area contributed by atoms with Gasteiger partial charge in [-0.05, 0) is 38.1 Å². The number of aromatic nitrogens is 2. The van der Waals surface area contributed by atoms with Gasteiger partial charge in [0.15, 0.2) is 0 Å². The van der Waals surface area contributed by atoms with E-state index in [0.717, 1.165) is 29.1 Å². The Morgan fingerprint density at radius 2 is 1.82 bits per heavy atom. The second kappa shape index (κ2) is 5.82. The van der Waals surface area contributed by atoms with Crippen molar-refractivity contribution in [3.63, 3.8) is 0 Å². The third-order valence-corrected chi connectivity index (χ3v) is 3.49. The smallest absolute Gasteiger partial charge is 0.326 e. The Kier molecular flexibility index (Phi) is 4.25. The zero-order valence-corrected chi connectivity index (χ0v) is 12.5. The molecule has 22 heavy (non-hydrogen) atoms. The van der Waals surface area contributed by atoms with Crippen molar-refractivity contribution in [2.24, 2.45) is 7.05 Å². The van der Waals surface area contributed by atoms with Crippen molar-refractivity contribution in [3.8, 4) is 0 Å². The van der Waals surface area contributed by atoms with Crippen molar-refractivity contribution in [1.29, 1.82) is 0 Å². The summed E-state index contributed by atoms with van der Waals surface area (Å²) in [5, 5.41) is 6.81. The molecule has 1 amide bonds. The molecule has 0 saturated carbocycles. The molecule has 1 aromatic heterocycles. The van der Waals surface area contributed by atoms with Gasteiger partial charge in [0.1, 0.15) is 0 Å². The number of benzene rings is 1. The van der Waals surface area contributed by atoms with Crippen molar-refractivity contribution in [2.45, 2.75) is 26.4 Å². The Morgan fingerprint density at radius 1 is 1.23 bits per heavy atom. The number of alkyl halides is 3. The summed E-state index contributed by atoms with van der Waals surface area (Å²) in [7, 11) is 1.79. The Bertz CT molecular complexity index is 687. The summed E-state index contributed by atoms with van der Waals surface area (Å²) in [6.45, 7) is 3.68. The third kappa shape index (κ3) is 3.47. The summed E-state index contributed by atoms with van der Waals surface area (Å²) < 4.78 is 39.1. The minimum absolute atomic E-state index is 0.131. The molecule has 0 unspecified atom stereocenters. The number of nitrogens with zero attached hydrogens (tertiary/aromatic N) is 2. The van der Waals surface area contributed by atoms with Crippen LogP contribution in [0.1, 0.15) is 22.5 Å². The van der Waals surface area contributed by atoms with E-state index in [1.165, 1.54) is 12.1 Å². The second-order valence-electron chi connectivity index (χ2n) is 5.07. The van der Waals surface area contributed by atoms with Gasteiger partial charge in [-0.15, -0.1) is 0 Å². The van der Waals surface area contributed by atoms with Crippen LogP contribution in [0, 0.1) is 13.8 Å². The van der Waals surface area contributed by atoms with Crippen molar-refractivity contribution < 1.29 is 18.0 Å².